The zero-order valence-corrected chi connectivity index (χ0v) is 13.2. The van der Waals surface area contributed by atoms with E-state index < -0.39 is 25.7 Å². The lowest BCUT2D eigenvalue weighted by Gasteiger charge is -2.09. The van der Waals surface area contributed by atoms with E-state index in [0.29, 0.717) is 19.3 Å². The van der Waals surface area contributed by atoms with Crippen LogP contribution in [0.5, 0.6) is 0 Å². The van der Waals surface area contributed by atoms with Crippen molar-refractivity contribution in [2.24, 2.45) is 0 Å². The molecule has 21 heavy (non-hydrogen) atoms. The molecule has 0 amide bonds. The molecule has 0 aliphatic rings. The Morgan fingerprint density at radius 1 is 1.24 bits per heavy atom. The third-order valence-electron chi connectivity index (χ3n) is 2.63. The molecule has 0 radical (unpaired) electrons. The van der Waals surface area contributed by atoms with Crippen molar-refractivity contribution in [2.45, 2.75) is 24.2 Å². The monoisotopic (exact) mass is 356 g/mol. The lowest BCUT2D eigenvalue weighted by Crippen LogP contribution is -2.25. The summed E-state index contributed by atoms with van der Waals surface area (Å²) < 4.78 is 26.4. The molecule has 2 N–H and O–H groups in total. The zero-order valence-electron chi connectivity index (χ0n) is 10.9. The van der Waals surface area contributed by atoms with Crippen molar-refractivity contribution < 1.29 is 18.4 Å². The Kier molecular flexibility index (Phi) is 6.82. The van der Waals surface area contributed by atoms with Gasteiger partial charge in [0.25, 0.3) is 0 Å². The van der Waals surface area contributed by atoms with Crippen LogP contribution in [-0.2, 0) is 10.0 Å². The molecule has 7 nitrogen and oxygen atoms in total. The zero-order chi connectivity index (χ0) is 16.0. The van der Waals surface area contributed by atoms with Crippen molar-refractivity contribution in [3.8, 4) is 0 Å². The van der Waals surface area contributed by atoms with Gasteiger partial charge in [-0.25, -0.2) is 13.1 Å². The fourth-order valence-corrected chi connectivity index (χ4v) is 3.56. The molecule has 10 heteroatoms. The van der Waals surface area contributed by atoms with Crippen molar-refractivity contribution in [3.63, 3.8) is 0 Å². The Hall–Kier alpha value is -0.930. The Bertz CT molecular complexity index is 621. The second-order valence-corrected chi connectivity index (χ2v) is 6.67. The Morgan fingerprint density at radius 2 is 1.90 bits per heavy atom. The summed E-state index contributed by atoms with van der Waals surface area (Å²) in [6.45, 7) is 0.192. The lowest BCUT2D eigenvalue weighted by atomic mass is 10.2. The van der Waals surface area contributed by atoms with E-state index in [1.54, 1.807) is 0 Å². The van der Waals surface area contributed by atoms with Crippen LogP contribution < -0.4 is 4.72 Å². The molecule has 0 bridgehead atoms. The summed E-state index contributed by atoms with van der Waals surface area (Å²) in [6.07, 6.45) is 1.77. The van der Waals surface area contributed by atoms with Gasteiger partial charge in [-0.1, -0.05) is 23.2 Å². The molecule has 118 valence electrons. The molecular weight excluding hydrogens is 343 g/mol. The molecule has 0 unspecified atom stereocenters. The highest BCUT2D eigenvalue weighted by atomic mass is 35.5. The number of hydrogen-bond acceptors (Lipinski definition) is 5. The van der Waals surface area contributed by atoms with E-state index in [2.05, 4.69) is 4.72 Å². The van der Waals surface area contributed by atoms with Gasteiger partial charge >= 0.3 is 5.69 Å². The normalized spacial score (nSPS) is 11.6. The van der Waals surface area contributed by atoms with Crippen LogP contribution in [0.4, 0.5) is 5.69 Å². The van der Waals surface area contributed by atoms with E-state index in [1.807, 2.05) is 0 Å². The van der Waals surface area contributed by atoms with Gasteiger partial charge in [-0.2, -0.15) is 0 Å². The van der Waals surface area contributed by atoms with Crippen molar-refractivity contribution >= 4 is 38.9 Å². The van der Waals surface area contributed by atoms with Crippen molar-refractivity contribution in [1.82, 2.24) is 4.72 Å². The minimum Gasteiger partial charge on any atom is -0.396 e. The summed E-state index contributed by atoms with van der Waals surface area (Å²) in [5.74, 6) is 0. The number of halogens is 2. The van der Waals surface area contributed by atoms with Crippen LogP contribution in [0.15, 0.2) is 17.0 Å². The third kappa shape index (κ3) is 4.79. The predicted molar refractivity (Wildman–Crippen MR) is 79.2 cm³/mol. The number of nitrogens with zero attached hydrogens (tertiary/aromatic N) is 1. The minimum atomic E-state index is -3.96. The average molecular weight is 357 g/mol. The fraction of sp³-hybridized carbons (Fsp3) is 0.455. The van der Waals surface area contributed by atoms with Crippen LogP contribution in [0.2, 0.25) is 10.0 Å². The average Bonchev–Trinajstić information content (AvgIpc) is 2.37. The van der Waals surface area contributed by atoms with Crippen LogP contribution in [0.1, 0.15) is 19.3 Å². The second-order valence-electron chi connectivity index (χ2n) is 4.15. The van der Waals surface area contributed by atoms with Gasteiger partial charge in [0.15, 0.2) is 0 Å². The third-order valence-corrected chi connectivity index (χ3v) is 4.93. The smallest absolute Gasteiger partial charge is 0.307 e. The molecule has 0 saturated carbocycles. The van der Waals surface area contributed by atoms with Gasteiger partial charge in [0.05, 0.1) is 4.92 Å². The summed E-state index contributed by atoms with van der Waals surface area (Å²) in [7, 11) is -3.96. The Balaban J connectivity index is 2.94. The van der Waals surface area contributed by atoms with Crippen LogP contribution in [0.3, 0.4) is 0 Å². The SMILES string of the molecule is O=[N+]([O-])c1c(Cl)ccc(S(=O)(=O)NCCCCCO)c1Cl. The molecule has 0 aromatic heterocycles. The first-order valence-electron chi connectivity index (χ1n) is 6.04. The highest BCUT2D eigenvalue weighted by molar-refractivity contribution is 7.89. The summed E-state index contributed by atoms with van der Waals surface area (Å²) in [5.41, 5.74) is -0.638. The molecule has 1 aromatic rings. The number of hydrogen-bond donors (Lipinski definition) is 2. The lowest BCUT2D eigenvalue weighted by molar-refractivity contribution is -0.384. The number of sulfonamides is 1. The van der Waals surface area contributed by atoms with Crippen LogP contribution in [0.25, 0.3) is 0 Å². The van der Waals surface area contributed by atoms with Crippen LogP contribution in [-0.4, -0.2) is 31.6 Å². The van der Waals surface area contributed by atoms with Crippen LogP contribution >= 0.6 is 23.2 Å². The van der Waals surface area contributed by atoms with E-state index in [9.17, 15) is 18.5 Å². The molecule has 0 atom stereocenters. The van der Waals surface area contributed by atoms with E-state index in [-0.39, 0.29) is 23.1 Å². The number of aliphatic hydroxyl groups is 1. The van der Waals surface area contributed by atoms with Crippen LogP contribution in [0, 0.1) is 10.1 Å². The first-order chi connectivity index (χ1) is 9.81. The van der Waals surface area contributed by atoms with Gasteiger partial charge in [0.1, 0.15) is 14.9 Å². The molecule has 0 aliphatic carbocycles. The van der Waals surface area contributed by atoms with E-state index in [1.165, 1.54) is 0 Å². The number of nitro benzene ring substituents is 1. The summed E-state index contributed by atoms with van der Waals surface area (Å²) in [5, 5.41) is 18.7. The molecular formula is C11H14Cl2N2O5S. The molecule has 0 aliphatic heterocycles. The maximum Gasteiger partial charge on any atom is 0.307 e. The second kappa shape index (κ2) is 7.90. The molecule has 1 rings (SSSR count). The van der Waals surface area contributed by atoms with E-state index in [0.717, 1.165) is 12.1 Å². The largest absolute Gasteiger partial charge is 0.396 e. The maximum absolute atomic E-state index is 12.1. The van der Waals surface area contributed by atoms with E-state index in [4.69, 9.17) is 28.3 Å². The number of nitrogens with one attached hydrogen (secondary N) is 1. The number of benzene rings is 1. The van der Waals surface area contributed by atoms with Gasteiger partial charge in [0.2, 0.25) is 10.0 Å². The fourth-order valence-electron chi connectivity index (χ4n) is 1.60. The van der Waals surface area contributed by atoms with E-state index >= 15 is 0 Å². The Labute approximate surface area is 132 Å². The number of unbranched alkanes of at least 4 members (excludes halogenated alkanes) is 2. The first kappa shape index (κ1) is 18.1. The molecule has 0 saturated heterocycles. The molecule has 0 heterocycles. The maximum atomic E-state index is 12.1. The Morgan fingerprint density at radius 3 is 2.48 bits per heavy atom. The van der Waals surface area contributed by atoms with Gasteiger partial charge in [-0.3, -0.25) is 10.1 Å². The van der Waals surface area contributed by atoms with Crippen molar-refractivity contribution in [1.29, 1.82) is 0 Å². The summed E-state index contributed by atoms with van der Waals surface area (Å²) in [6, 6.07) is 2.24. The van der Waals surface area contributed by atoms with Crippen molar-refractivity contribution in [3.05, 3.63) is 32.3 Å². The highest BCUT2D eigenvalue weighted by Gasteiger charge is 2.27. The topological polar surface area (TPSA) is 110 Å². The number of aliphatic hydroxyl groups excluding tert-OH is 1. The number of nitro groups is 1. The predicted octanol–water partition coefficient (Wildman–Crippen LogP) is 2.34. The summed E-state index contributed by atoms with van der Waals surface area (Å²) >= 11 is 11.4. The van der Waals surface area contributed by atoms with Gasteiger partial charge in [0, 0.05) is 13.2 Å². The molecule has 1 aromatic carbocycles. The molecule has 0 spiro atoms. The van der Waals surface area contributed by atoms with Gasteiger partial charge < -0.3 is 5.11 Å². The standard InChI is InChI=1S/C11H14Cl2N2O5S/c12-8-4-5-9(10(13)11(8)15(17)18)21(19,20)14-6-2-1-3-7-16/h4-5,14,16H,1-3,6-7H2. The first-order valence-corrected chi connectivity index (χ1v) is 8.28. The van der Waals surface area contributed by atoms with Gasteiger partial charge in [-0.15, -0.1) is 0 Å². The highest BCUT2D eigenvalue weighted by Crippen LogP contribution is 2.36. The molecule has 0 fully saturated rings. The minimum absolute atomic E-state index is 0.0436. The summed E-state index contributed by atoms with van der Waals surface area (Å²) in [4.78, 5) is 9.64. The van der Waals surface area contributed by atoms with Gasteiger partial charge in [-0.05, 0) is 31.4 Å². The number of rotatable bonds is 8. The van der Waals surface area contributed by atoms with Crippen molar-refractivity contribution in [2.75, 3.05) is 13.2 Å². The quantitative estimate of drug-likeness (QED) is 0.422.